The van der Waals surface area contributed by atoms with Gasteiger partial charge in [0.25, 0.3) is 5.91 Å². The Morgan fingerprint density at radius 1 is 1.18 bits per heavy atom. The summed E-state index contributed by atoms with van der Waals surface area (Å²) in [5.41, 5.74) is 0.724. The molecule has 1 aliphatic heterocycles. The molecule has 3 rings (SSSR count). The van der Waals surface area contributed by atoms with Crippen LogP contribution < -0.4 is 10.6 Å². The van der Waals surface area contributed by atoms with Crippen LogP contribution in [0.25, 0.3) is 0 Å². The van der Waals surface area contributed by atoms with Crippen LogP contribution in [0.2, 0.25) is 0 Å². The number of aryl methyl sites for hydroxylation is 1. The number of urea groups is 1. The number of ether oxygens (including phenoxy) is 1. The van der Waals surface area contributed by atoms with Gasteiger partial charge in [0.15, 0.2) is 12.4 Å². The SMILES string of the molecule is Cc1cc(NC(=O)COC(=O)C2CCN(C(=O)Nc3ccccc3)CC2)no1. The molecule has 2 aromatic rings. The van der Waals surface area contributed by atoms with Crippen molar-refractivity contribution in [1.82, 2.24) is 10.1 Å². The fraction of sp³-hybridized carbons (Fsp3) is 0.368. The van der Waals surface area contributed by atoms with Crippen LogP contribution in [-0.2, 0) is 14.3 Å². The second kappa shape index (κ2) is 9.03. The van der Waals surface area contributed by atoms with Crippen LogP contribution in [0.3, 0.4) is 0 Å². The maximum Gasteiger partial charge on any atom is 0.321 e. The van der Waals surface area contributed by atoms with Gasteiger partial charge in [-0.15, -0.1) is 0 Å². The van der Waals surface area contributed by atoms with Crippen molar-refractivity contribution in [3.8, 4) is 0 Å². The largest absolute Gasteiger partial charge is 0.455 e. The number of benzene rings is 1. The van der Waals surface area contributed by atoms with Crippen molar-refractivity contribution >= 4 is 29.4 Å². The molecule has 0 radical (unpaired) electrons. The van der Waals surface area contributed by atoms with Gasteiger partial charge in [0.05, 0.1) is 5.92 Å². The van der Waals surface area contributed by atoms with Gasteiger partial charge in [0.1, 0.15) is 5.76 Å². The minimum Gasteiger partial charge on any atom is -0.455 e. The molecule has 0 unspecified atom stereocenters. The van der Waals surface area contributed by atoms with E-state index in [0.29, 0.717) is 31.7 Å². The number of esters is 1. The van der Waals surface area contributed by atoms with Crippen molar-refractivity contribution in [2.24, 2.45) is 5.92 Å². The second-order valence-corrected chi connectivity index (χ2v) is 6.54. The van der Waals surface area contributed by atoms with E-state index in [0.717, 1.165) is 5.69 Å². The zero-order chi connectivity index (χ0) is 19.9. The zero-order valence-corrected chi connectivity index (χ0v) is 15.5. The number of carbonyl (C=O) groups excluding carboxylic acids is 3. The number of piperidine rings is 1. The van der Waals surface area contributed by atoms with Crippen molar-refractivity contribution in [1.29, 1.82) is 0 Å². The summed E-state index contributed by atoms with van der Waals surface area (Å²) < 4.78 is 9.93. The van der Waals surface area contributed by atoms with Gasteiger partial charge in [-0.1, -0.05) is 23.4 Å². The number of nitrogens with zero attached hydrogens (tertiary/aromatic N) is 2. The summed E-state index contributed by atoms with van der Waals surface area (Å²) in [5.74, 6) is -0.412. The first-order chi connectivity index (χ1) is 13.5. The summed E-state index contributed by atoms with van der Waals surface area (Å²) in [4.78, 5) is 37.9. The third-order valence-corrected chi connectivity index (χ3v) is 4.38. The highest BCUT2D eigenvalue weighted by Crippen LogP contribution is 2.20. The summed E-state index contributed by atoms with van der Waals surface area (Å²) in [5, 5.41) is 8.95. The van der Waals surface area contributed by atoms with E-state index in [-0.39, 0.29) is 24.4 Å². The number of para-hydroxylation sites is 1. The van der Waals surface area contributed by atoms with E-state index in [1.807, 2.05) is 30.3 Å². The average molecular weight is 386 g/mol. The number of hydrogen-bond acceptors (Lipinski definition) is 6. The molecule has 1 fully saturated rings. The van der Waals surface area contributed by atoms with Gasteiger partial charge >= 0.3 is 12.0 Å². The predicted octanol–water partition coefficient (Wildman–Crippen LogP) is 2.41. The lowest BCUT2D eigenvalue weighted by molar-refractivity contribution is -0.152. The van der Waals surface area contributed by atoms with E-state index in [9.17, 15) is 14.4 Å². The Morgan fingerprint density at radius 2 is 1.89 bits per heavy atom. The highest BCUT2D eigenvalue weighted by atomic mass is 16.5. The minimum atomic E-state index is -0.485. The number of aromatic nitrogens is 1. The molecule has 1 aliphatic rings. The Morgan fingerprint density at radius 3 is 2.54 bits per heavy atom. The average Bonchev–Trinajstić information content (AvgIpc) is 3.11. The van der Waals surface area contributed by atoms with Crippen molar-refractivity contribution in [2.75, 3.05) is 30.3 Å². The fourth-order valence-electron chi connectivity index (χ4n) is 2.90. The molecule has 9 heteroatoms. The first-order valence-electron chi connectivity index (χ1n) is 9.02. The van der Waals surface area contributed by atoms with E-state index in [1.165, 1.54) is 0 Å². The van der Waals surface area contributed by atoms with Gasteiger partial charge in [0.2, 0.25) is 0 Å². The number of rotatable bonds is 5. The Hall–Kier alpha value is -3.36. The quantitative estimate of drug-likeness (QED) is 0.763. The number of likely N-dealkylation sites (tertiary alicyclic amines) is 1. The Balaban J connectivity index is 1.38. The fourth-order valence-corrected chi connectivity index (χ4v) is 2.90. The Labute approximate surface area is 162 Å². The summed E-state index contributed by atoms with van der Waals surface area (Å²) in [6, 6.07) is 10.6. The van der Waals surface area contributed by atoms with Crippen molar-refractivity contribution < 1.29 is 23.6 Å². The lowest BCUT2D eigenvalue weighted by Crippen LogP contribution is -2.43. The molecular formula is C19H22N4O5. The molecule has 1 aromatic heterocycles. The molecule has 148 valence electrons. The Kier molecular flexibility index (Phi) is 6.25. The molecule has 9 nitrogen and oxygen atoms in total. The smallest absolute Gasteiger partial charge is 0.321 e. The van der Waals surface area contributed by atoms with Crippen LogP contribution in [-0.4, -0.2) is 47.7 Å². The molecule has 1 saturated heterocycles. The van der Waals surface area contributed by atoms with Gasteiger partial charge < -0.3 is 24.8 Å². The van der Waals surface area contributed by atoms with Gasteiger partial charge in [-0.05, 0) is 31.9 Å². The molecule has 0 bridgehead atoms. The maximum atomic E-state index is 12.3. The first kappa shape index (κ1) is 19.4. The maximum absolute atomic E-state index is 12.3. The molecule has 3 amide bonds. The van der Waals surface area contributed by atoms with Gasteiger partial charge in [-0.3, -0.25) is 9.59 Å². The van der Waals surface area contributed by atoms with Gasteiger partial charge in [0, 0.05) is 24.8 Å². The monoisotopic (exact) mass is 386 g/mol. The molecule has 0 atom stereocenters. The topological polar surface area (TPSA) is 114 Å². The Bertz CT molecular complexity index is 828. The standard InChI is InChI=1S/C19H22N4O5/c1-13-11-16(22-28-13)21-17(24)12-27-18(25)14-7-9-23(10-8-14)19(26)20-15-5-3-2-4-6-15/h2-6,11,14H,7-10,12H2,1H3,(H,20,26)(H,21,22,24). The highest BCUT2D eigenvalue weighted by molar-refractivity contribution is 5.92. The lowest BCUT2D eigenvalue weighted by atomic mass is 9.97. The van der Waals surface area contributed by atoms with Crippen LogP contribution in [0, 0.1) is 12.8 Å². The van der Waals surface area contributed by atoms with E-state index < -0.39 is 11.9 Å². The second-order valence-electron chi connectivity index (χ2n) is 6.54. The molecule has 28 heavy (non-hydrogen) atoms. The minimum absolute atomic E-state index is 0.194. The van der Waals surface area contributed by atoms with Crippen LogP contribution >= 0.6 is 0 Å². The normalized spacial score (nSPS) is 14.4. The van der Waals surface area contributed by atoms with Crippen LogP contribution in [0.15, 0.2) is 40.9 Å². The summed E-state index contributed by atoms with van der Waals surface area (Å²) in [7, 11) is 0. The number of hydrogen-bond donors (Lipinski definition) is 2. The molecule has 0 aliphatic carbocycles. The molecule has 0 saturated carbocycles. The third-order valence-electron chi connectivity index (χ3n) is 4.38. The first-order valence-corrected chi connectivity index (χ1v) is 9.02. The van der Waals surface area contributed by atoms with Crippen molar-refractivity contribution in [3.05, 3.63) is 42.2 Å². The van der Waals surface area contributed by atoms with Crippen molar-refractivity contribution in [3.63, 3.8) is 0 Å². The number of nitrogens with one attached hydrogen (secondary N) is 2. The third kappa shape index (κ3) is 5.32. The number of carbonyl (C=O) groups is 3. The van der Waals surface area contributed by atoms with E-state index in [2.05, 4.69) is 15.8 Å². The molecular weight excluding hydrogens is 364 g/mol. The van der Waals surface area contributed by atoms with Crippen molar-refractivity contribution in [2.45, 2.75) is 19.8 Å². The summed E-state index contributed by atoms with van der Waals surface area (Å²) in [6.45, 7) is 2.21. The van der Waals surface area contributed by atoms with Gasteiger partial charge in [-0.25, -0.2) is 4.79 Å². The molecule has 2 heterocycles. The van der Waals surface area contributed by atoms with E-state index in [4.69, 9.17) is 9.26 Å². The van der Waals surface area contributed by atoms with E-state index >= 15 is 0 Å². The van der Waals surface area contributed by atoms with Crippen LogP contribution in [0.4, 0.5) is 16.3 Å². The zero-order valence-electron chi connectivity index (χ0n) is 15.5. The summed E-state index contributed by atoms with van der Waals surface area (Å²) >= 11 is 0. The van der Waals surface area contributed by atoms with Crippen LogP contribution in [0.1, 0.15) is 18.6 Å². The number of anilines is 2. The molecule has 0 spiro atoms. The highest BCUT2D eigenvalue weighted by Gasteiger charge is 2.28. The van der Waals surface area contributed by atoms with Crippen LogP contribution in [0.5, 0.6) is 0 Å². The number of amides is 3. The van der Waals surface area contributed by atoms with Gasteiger partial charge in [-0.2, -0.15) is 0 Å². The summed E-state index contributed by atoms with van der Waals surface area (Å²) in [6.07, 6.45) is 0.982. The predicted molar refractivity (Wildman–Crippen MR) is 101 cm³/mol. The lowest BCUT2D eigenvalue weighted by Gasteiger charge is -2.30. The molecule has 1 aromatic carbocycles. The molecule has 2 N–H and O–H groups in total. The van der Waals surface area contributed by atoms with E-state index in [1.54, 1.807) is 17.9 Å².